The standard InChI is InChI=1S/C23H21ClN2O/c24-10-4-2-1-3-5-18(27)13-23-21-11-16(14-25)6-8-19(21)20-9-7-17(15-26)12-22(20)23/h6-9,11-12,23H,1-5,10,13H2. The number of alkyl halides is 1. The summed E-state index contributed by atoms with van der Waals surface area (Å²) in [6, 6.07) is 15.7. The normalized spacial score (nSPS) is 12.1. The first kappa shape index (κ1) is 19.2. The van der Waals surface area contributed by atoms with Crippen LogP contribution in [0.5, 0.6) is 0 Å². The van der Waals surface area contributed by atoms with Crippen molar-refractivity contribution in [3.05, 3.63) is 58.7 Å². The maximum Gasteiger partial charge on any atom is 0.133 e. The third-order valence-corrected chi connectivity index (χ3v) is 5.44. The Morgan fingerprint density at radius 2 is 1.44 bits per heavy atom. The van der Waals surface area contributed by atoms with Gasteiger partial charge in [0.25, 0.3) is 0 Å². The number of hydrogen-bond donors (Lipinski definition) is 0. The number of carbonyl (C=O) groups excluding carboxylic acids is 1. The van der Waals surface area contributed by atoms with E-state index in [1.807, 2.05) is 36.4 Å². The van der Waals surface area contributed by atoms with Gasteiger partial charge in [0, 0.05) is 24.6 Å². The molecule has 2 aromatic rings. The Bertz CT molecular complexity index is 873. The van der Waals surface area contributed by atoms with E-state index in [1.165, 1.54) is 0 Å². The minimum Gasteiger partial charge on any atom is -0.300 e. The van der Waals surface area contributed by atoms with Gasteiger partial charge in [0.2, 0.25) is 0 Å². The van der Waals surface area contributed by atoms with Gasteiger partial charge in [-0.2, -0.15) is 10.5 Å². The number of Topliss-reactive ketones (excluding diaryl/α,β-unsaturated/α-hetero) is 1. The van der Waals surface area contributed by atoms with Crippen LogP contribution in [0.3, 0.4) is 0 Å². The second-order valence-corrected chi connectivity index (χ2v) is 7.35. The van der Waals surface area contributed by atoms with Crippen molar-refractivity contribution in [2.75, 3.05) is 5.88 Å². The van der Waals surface area contributed by atoms with Crippen molar-refractivity contribution in [1.82, 2.24) is 0 Å². The van der Waals surface area contributed by atoms with Gasteiger partial charge in [-0.25, -0.2) is 0 Å². The average Bonchev–Trinajstić information content (AvgIpc) is 3.00. The minimum atomic E-state index is -0.0769. The summed E-state index contributed by atoms with van der Waals surface area (Å²) in [5, 5.41) is 18.5. The summed E-state index contributed by atoms with van der Waals surface area (Å²) in [4.78, 5) is 12.6. The molecule has 2 aromatic carbocycles. The molecular formula is C23H21ClN2O. The highest BCUT2D eigenvalue weighted by atomic mass is 35.5. The fraction of sp³-hybridized carbons (Fsp3) is 0.348. The lowest BCUT2D eigenvalue weighted by Crippen LogP contribution is -2.07. The summed E-state index contributed by atoms with van der Waals surface area (Å²) < 4.78 is 0. The van der Waals surface area contributed by atoms with Crippen molar-refractivity contribution in [3.63, 3.8) is 0 Å². The van der Waals surface area contributed by atoms with E-state index in [2.05, 4.69) is 12.1 Å². The van der Waals surface area contributed by atoms with Gasteiger partial charge in [0.1, 0.15) is 5.78 Å². The maximum atomic E-state index is 12.6. The molecule has 0 amide bonds. The van der Waals surface area contributed by atoms with Crippen LogP contribution in [0.1, 0.15) is 66.7 Å². The summed E-state index contributed by atoms with van der Waals surface area (Å²) in [6.45, 7) is 0. The molecule has 27 heavy (non-hydrogen) atoms. The molecule has 3 nitrogen and oxygen atoms in total. The van der Waals surface area contributed by atoms with E-state index in [1.54, 1.807) is 0 Å². The number of carbonyl (C=O) groups is 1. The van der Waals surface area contributed by atoms with E-state index < -0.39 is 0 Å². The Morgan fingerprint density at radius 3 is 1.96 bits per heavy atom. The Balaban J connectivity index is 1.83. The molecule has 0 spiro atoms. The zero-order chi connectivity index (χ0) is 19.2. The third-order valence-electron chi connectivity index (χ3n) is 5.17. The zero-order valence-electron chi connectivity index (χ0n) is 15.2. The van der Waals surface area contributed by atoms with Crippen molar-refractivity contribution < 1.29 is 4.79 Å². The Morgan fingerprint density at radius 1 is 0.889 bits per heavy atom. The monoisotopic (exact) mass is 376 g/mol. The minimum absolute atomic E-state index is 0.0769. The molecule has 0 radical (unpaired) electrons. The molecule has 0 aliphatic heterocycles. The largest absolute Gasteiger partial charge is 0.300 e. The lowest BCUT2D eigenvalue weighted by molar-refractivity contribution is -0.119. The van der Waals surface area contributed by atoms with Gasteiger partial charge in [-0.15, -0.1) is 11.6 Å². The molecule has 4 heteroatoms. The summed E-state index contributed by atoms with van der Waals surface area (Å²) in [6.07, 6.45) is 4.95. The van der Waals surface area contributed by atoms with Crippen LogP contribution in [-0.2, 0) is 4.79 Å². The third kappa shape index (κ3) is 4.21. The number of hydrogen-bond acceptors (Lipinski definition) is 3. The highest BCUT2D eigenvalue weighted by Gasteiger charge is 2.30. The molecule has 0 saturated carbocycles. The number of rotatable bonds is 8. The van der Waals surface area contributed by atoms with Crippen LogP contribution in [-0.4, -0.2) is 11.7 Å². The number of ketones is 1. The first-order valence-electron chi connectivity index (χ1n) is 9.34. The SMILES string of the molecule is N#Cc1ccc2c(c1)C(CC(=O)CCCCCCCl)c1cc(C#N)ccc1-2. The number of nitriles is 2. The Hall–Kier alpha value is -2.62. The first-order chi connectivity index (χ1) is 13.2. The van der Waals surface area contributed by atoms with Gasteiger partial charge in [0.15, 0.2) is 0 Å². The lowest BCUT2D eigenvalue weighted by Gasteiger charge is -2.13. The summed E-state index contributed by atoms with van der Waals surface area (Å²) in [5.74, 6) is 0.827. The molecule has 0 N–H and O–H groups in total. The van der Waals surface area contributed by atoms with E-state index >= 15 is 0 Å². The molecule has 0 atom stereocenters. The van der Waals surface area contributed by atoms with Gasteiger partial charge in [0.05, 0.1) is 23.3 Å². The van der Waals surface area contributed by atoms with Crippen LogP contribution < -0.4 is 0 Å². The maximum absolute atomic E-state index is 12.6. The molecule has 0 saturated heterocycles. The van der Waals surface area contributed by atoms with Crippen molar-refractivity contribution in [2.24, 2.45) is 0 Å². The number of halogens is 1. The molecule has 0 bridgehead atoms. The zero-order valence-corrected chi connectivity index (χ0v) is 15.9. The quantitative estimate of drug-likeness (QED) is 0.439. The number of fused-ring (bicyclic) bond motifs is 3. The first-order valence-corrected chi connectivity index (χ1v) is 9.87. The van der Waals surface area contributed by atoms with Crippen LogP contribution in [0.2, 0.25) is 0 Å². The Labute approximate surface area is 165 Å². The molecule has 1 aliphatic rings. The van der Waals surface area contributed by atoms with Gasteiger partial charge in [-0.1, -0.05) is 25.0 Å². The smallest absolute Gasteiger partial charge is 0.133 e. The molecule has 0 fully saturated rings. The second-order valence-electron chi connectivity index (χ2n) is 6.98. The van der Waals surface area contributed by atoms with Gasteiger partial charge >= 0.3 is 0 Å². The highest BCUT2D eigenvalue weighted by Crippen LogP contribution is 2.47. The van der Waals surface area contributed by atoms with Crippen LogP contribution in [0.4, 0.5) is 0 Å². The molecule has 0 aromatic heterocycles. The average molecular weight is 377 g/mol. The summed E-state index contributed by atoms with van der Waals surface area (Å²) in [5.41, 5.74) is 5.37. The molecule has 0 unspecified atom stereocenters. The number of benzene rings is 2. The van der Waals surface area contributed by atoms with Crippen LogP contribution in [0.15, 0.2) is 36.4 Å². The molecule has 0 heterocycles. The van der Waals surface area contributed by atoms with Crippen LogP contribution in [0, 0.1) is 22.7 Å². The van der Waals surface area contributed by atoms with E-state index in [-0.39, 0.29) is 11.7 Å². The van der Waals surface area contributed by atoms with Crippen molar-refractivity contribution in [1.29, 1.82) is 10.5 Å². The topological polar surface area (TPSA) is 64.7 Å². The second kappa shape index (κ2) is 8.85. The van der Waals surface area contributed by atoms with Crippen LogP contribution >= 0.6 is 11.6 Å². The molecular weight excluding hydrogens is 356 g/mol. The predicted molar refractivity (Wildman–Crippen MR) is 107 cm³/mol. The fourth-order valence-corrected chi connectivity index (χ4v) is 4.01. The van der Waals surface area contributed by atoms with Gasteiger partial charge in [-0.05, 0) is 59.4 Å². The number of unbranched alkanes of at least 4 members (excludes halogenated alkanes) is 3. The van der Waals surface area contributed by atoms with Crippen LogP contribution in [0.25, 0.3) is 11.1 Å². The van der Waals surface area contributed by atoms with Crippen molar-refractivity contribution in [3.8, 4) is 23.3 Å². The van der Waals surface area contributed by atoms with Gasteiger partial charge in [-0.3, -0.25) is 4.79 Å². The molecule has 1 aliphatic carbocycles. The molecule has 136 valence electrons. The fourth-order valence-electron chi connectivity index (χ4n) is 3.82. The summed E-state index contributed by atoms with van der Waals surface area (Å²) >= 11 is 5.69. The lowest BCUT2D eigenvalue weighted by atomic mass is 9.89. The highest BCUT2D eigenvalue weighted by molar-refractivity contribution is 6.17. The molecule has 3 rings (SSSR count). The van der Waals surface area contributed by atoms with E-state index in [9.17, 15) is 15.3 Å². The van der Waals surface area contributed by atoms with E-state index in [4.69, 9.17) is 11.6 Å². The van der Waals surface area contributed by atoms with Crippen molar-refractivity contribution in [2.45, 2.75) is 44.4 Å². The van der Waals surface area contributed by atoms with E-state index in [0.717, 1.165) is 47.9 Å². The predicted octanol–water partition coefficient (Wildman–Crippen LogP) is 5.69. The number of nitrogens with zero attached hydrogens (tertiary/aromatic N) is 2. The Kier molecular flexibility index (Phi) is 6.28. The van der Waals surface area contributed by atoms with E-state index in [0.29, 0.717) is 29.8 Å². The summed E-state index contributed by atoms with van der Waals surface area (Å²) in [7, 11) is 0. The van der Waals surface area contributed by atoms with Gasteiger partial charge < -0.3 is 0 Å². The van der Waals surface area contributed by atoms with Crippen molar-refractivity contribution >= 4 is 17.4 Å².